The smallest absolute Gasteiger partial charge is 0.0593 e. The molecule has 14 heavy (non-hydrogen) atoms. The molecule has 1 aliphatic rings. The largest absolute Gasteiger partial charge is 0.326 e. The fourth-order valence-corrected chi connectivity index (χ4v) is 2.32. The summed E-state index contributed by atoms with van der Waals surface area (Å²) in [6.07, 6.45) is 7.35. The molecule has 1 fully saturated rings. The van der Waals surface area contributed by atoms with Crippen molar-refractivity contribution in [1.29, 1.82) is 0 Å². The van der Waals surface area contributed by atoms with Gasteiger partial charge in [0, 0.05) is 12.2 Å². The second kappa shape index (κ2) is 4.13. The normalized spacial score (nSPS) is 20.1. The lowest BCUT2D eigenvalue weighted by Gasteiger charge is -2.18. The van der Waals surface area contributed by atoms with Gasteiger partial charge in [-0.1, -0.05) is 12.8 Å². The van der Waals surface area contributed by atoms with Gasteiger partial charge in [-0.05, 0) is 31.7 Å². The van der Waals surface area contributed by atoms with Gasteiger partial charge >= 0.3 is 0 Å². The first-order valence-electron chi connectivity index (χ1n) is 5.51. The topological polar surface area (TPSA) is 43.8 Å². The molecule has 1 aromatic heterocycles. The van der Waals surface area contributed by atoms with Crippen molar-refractivity contribution in [3.63, 3.8) is 0 Å². The van der Waals surface area contributed by atoms with Gasteiger partial charge in [0.25, 0.3) is 0 Å². The van der Waals surface area contributed by atoms with Gasteiger partial charge in [0.1, 0.15) is 0 Å². The Hall–Kier alpha value is -0.830. The minimum absolute atomic E-state index is 0.289. The van der Waals surface area contributed by atoms with Crippen molar-refractivity contribution in [1.82, 2.24) is 9.78 Å². The van der Waals surface area contributed by atoms with Crippen molar-refractivity contribution in [2.24, 2.45) is 11.7 Å². The van der Waals surface area contributed by atoms with Crippen LogP contribution in [0, 0.1) is 12.8 Å². The number of nitrogens with two attached hydrogens (primary N) is 1. The van der Waals surface area contributed by atoms with E-state index in [2.05, 4.69) is 5.10 Å². The molecule has 1 unspecified atom stereocenters. The molecular weight excluding hydrogens is 174 g/mol. The van der Waals surface area contributed by atoms with Crippen molar-refractivity contribution in [3.8, 4) is 0 Å². The second-order valence-corrected chi connectivity index (χ2v) is 4.39. The van der Waals surface area contributed by atoms with Crippen LogP contribution in [0.5, 0.6) is 0 Å². The Kier molecular flexibility index (Phi) is 2.87. The molecule has 0 aromatic carbocycles. The van der Waals surface area contributed by atoms with E-state index in [0.717, 1.165) is 18.2 Å². The van der Waals surface area contributed by atoms with Crippen molar-refractivity contribution >= 4 is 0 Å². The van der Waals surface area contributed by atoms with Crippen LogP contribution in [0.1, 0.15) is 31.4 Å². The number of hydrogen-bond acceptors (Lipinski definition) is 2. The molecule has 0 spiro atoms. The van der Waals surface area contributed by atoms with E-state index < -0.39 is 0 Å². The predicted molar refractivity (Wildman–Crippen MR) is 56.9 cm³/mol. The van der Waals surface area contributed by atoms with Crippen molar-refractivity contribution in [3.05, 3.63) is 18.0 Å². The number of hydrogen-bond donors (Lipinski definition) is 1. The Morgan fingerprint density at radius 2 is 2.29 bits per heavy atom. The van der Waals surface area contributed by atoms with E-state index in [1.54, 1.807) is 0 Å². The van der Waals surface area contributed by atoms with Crippen LogP contribution in [0.3, 0.4) is 0 Å². The van der Waals surface area contributed by atoms with Gasteiger partial charge in [-0.25, -0.2) is 0 Å². The average Bonchev–Trinajstić information content (AvgIpc) is 2.75. The molecule has 3 heteroatoms. The summed E-state index contributed by atoms with van der Waals surface area (Å²) in [5.41, 5.74) is 7.23. The quantitative estimate of drug-likeness (QED) is 0.794. The maximum Gasteiger partial charge on any atom is 0.0593 e. The van der Waals surface area contributed by atoms with E-state index in [-0.39, 0.29) is 6.04 Å². The van der Waals surface area contributed by atoms with E-state index >= 15 is 0 Å². The zero-order valence-corrected chi connectivity index (χ0v) is 8.82. The third-order valence-electron chi connectivity index (χ3n) is 3.18. The highest BCUT2D eigenvalue weighted by Crippen LogP contribution is 2.27. The molecule has 0 amide bonds. The van der Waals surface area contributed by atoms with Crippen LogP contribution < -0.4 is 5.73 Å². The Labute approximate surface area is 85.3 Å². The fraction of sp³-hybridized carbons (Fsp3) is 0.727. The van der Waals surface area contributed by atoms with E-state index in [1.165, 1.54) is 25.7 Å². The third-order valence-corrected chi connectivity index (χ3v) is 3.18. The minimum Gasteiger partial charge on any atom is -0.326 e. The monoisotopic (exact) mass is 193 g/mol. The summed E-state index contributed by atoms with van der Waals surface area (Å²) in [7, 11) is 0. The molecule has 2 N–H and O–H groups in total. The number of aryl methyl sites for hydroxylation is 1. The SMILES string of the molecule is Cc1ccn(CC(N)C2CCCC2)n1. The van der Waals surface area contributed by atoms with Gasteiger partial charge in [0.05, 0.1) is 12.2 Å². The maximum atomic E-state index is 6.16. The Morgan fingerprint density at radius 3 is 2.86 bits per heavy atom. The highest BCUT2D eigenvalue weighted by atomic mass is 15.3. The lowest BCUT2D eigenvalue weighted by atomic mass is 9.99. The number of rotatable bonds is 3. The lowest BCUT2D eigenvalue weighted by Crippen LogP contribution is -2.33. The highest BCUT2D eigenvalue weighted by Gasteiger charge is 2.22. The molecule has 78 valence electrons. The van der Waals surface area contributed by atoms with Gasteiger partial charge in [-0.3, -0.25) is 4.68 Å². The van der Waals surface area contributed by atoms with Gasteiger partial charge in [0.2, 0.25) is 0 Å². The van der Waals surface area contributed by atoms with Crippen LogP contribution in [0.15, 0.2) is 12.3 Å². The molecule has 0 bridgehead atoms. The van der Waals surface area contributed by atoms with E-state index in [9.17, 15) is 0 Å². The molecule has 3 nitrogen and oxygen atoms in total. The summed E-state index contributed by atoms with van der Waals surface area (Å²) >= 11 is 0. The van der Waals surface area contributed by atoms with E-state index in [1.807, 2.05) is 23.9 Å². The summed E-state index contributed by atoms with van der Waals surface area (Å²) in [4.78, 5) is 0. The summed E-state index contributed by atoms with van der Waals surface area (Å²) in [6.45, 7) is 2.89. The van der Waals surface area contributed by atoms with Gasteiger partial charge in [-0.15, -0.1) is 0 Å². The van der Waals surface area contributed by atoms with Crippen LogP contribution in [0.4, 0.5) is 0 Å². The maximum absolute atomic E-state index is 6.16. The van der Waals surface area contributed by atoms with Crippen molar-refractivity contribution in [2.75, 3.05) is 0 Å². The minimum atomic E-state index is 0.289. The number of aromatic nitrogens is 2. The summed E-state index contributed by atoms with van der Waals surface area (Å²) < 4.78 is 1.97. The van der Waals surface area contributed by atoms with Crippen LogP contribution >= 0.6 is 0 Å². The molecule has 2 rings (SSSR count). The third kappa shape index (κ3) is 2.15. The molecular formula is C11H19N3. The molecule has 1 atom stereocenters. The Morgan fingerprint density at radius 1 is 1.57 bits per heavy atom. The number of nitrogens with zero attached hydrogens (tertiary/aromatic N) is 2. The van der Waals surface area contributed by atoms with E-state index in [4.69, 9.17) is 5.73 Å². The first-order valence-corrected chi connectivity index (χ1v) is 5.51. The molecule has 0 radical (unpaired) electrons. The first kappa shape index (κ1) is 9.71. The Bertz CT molecular complexity index is 286. The predicted octanol–water partition coefficient (Wildman–Crippen LogP) is 1.71. The van der Waals surface area contributed by atoms with Crippen LogP contribution in [0.25, 0.3) is 0 Å². The van der Waals surface area contributed by atoms with Crippen molar-refractivity contribution < 1.29 is 0 Å². The Balaban J connectivity index is 1.90. The molecule has 1 heterocycles. The van der Waals surface area contributed by atoms with Gasteiger partial charge in [-0.2, -0.15) is 5.10 Å². The second-order valence-electron chi connectivity index (χ2n) is 4.39. The molecule has 1 aromatic rings. The zero-order valence-electron chi connectivity index (χ0n) is 8.82. The molecule has 0 saturated heterocycles. The van der Waals surface area contributed by atoms with Crippen LogP contribution in [-0.4, -0.2) is 15.8 Å². The van der Waals surface area contributed by atoms with Gasteiger partial charge in [0.15, 0.2) is 0 Å². The lowest BCUT2D eigenvalue weighted by molar-refractivity contribution is 0.372. The first-order chi connectivity index (χ1) is 6.75. The molecule has 1 saturated carbocycles. The summed E-state index contributed by atoms with van der Waals surface area (Å²) in [5, 5.41) is 4.36. The average molecular weight is 193 g/mol. The summed E-state index contributed by atoms with van der Waals surface area (Å²) in [5.74, 6) is 0.722. The van der Waals surface area contributed by atoms with Crippen LogP contribution in [0.2, 0.25) is 0 Å². The molecule has 1 aliphatic carbocycles. The molecule has 0 aliphatic heterocycles. The van der Waals surface area contributed by atoms with Crippen molar-refractivity contribution in [2.45, 2.75) is 45.2 Å². The zero-order chi connectivity index (χ0) is 9.97. The standard InChI is InChI=1S/C11H19N3/c1-9-6-7-14(13-9)8-11(12)10-4-2-3-5-10/h6-7,10-11H,2-5,8,12H2,1H3. The highest BCUT2D eigenvalue weighted by molar-refractivity contribution is 4.95. The van der Waals surface area contributed by atoms with Crippen LogP contribution in [-0.2, 0) is 6.54 Å². The fourth-order valence-electron chi connectivity index (χ4n) is 2.32. The summed E-state index contributed by atoms with van der Waals surface area (Å²) in [6, 6.07) is 2.32. The van der Waals surface area contributed by atoms with E-state index in [0.29, 0.717) is 0 Å². The van der Waals surface area contributed by atoms with Gasteiger partial charge < -0.3 is 5.73 Å².